The van der Waals surface area contributed by atoms with Crippen molar-refractivity contribution in [1.82, 2.24) is 9.88 Å². The van der Waals surface area contributed by atoms with Crippen molar-refractivity contribution in [3.63, 3.8) is 0 Å². The average molecular weight is 384 g/mol. The van der Waals surface area contributed by atoms with Gasteiger partial charge in [0.2, 0.25) is 5.88 Å². The Morgan fingerprint density at radius 1 is 1.24 bits per heavy atom. The maximum atomic E-state index is 12.3. The molecule has 1 aromatic heterocycles. The average Bonchev–Trinajstić information content (AvgIpc) is 2.60. The van der Waals surface area contributed by atoms with Gasteiger partial charge in [-0.05, 0) is 17.7 Å². The summed E-state index contributed by atoms with van der Waals surface area (Å²) < 4.78 is 10.3. The second-order valence-electron chi connectivity index (χ2n) is 5.23. The fraction of sp³-hybridized carbons (Fsp3) is 0.294. The standard InChI is InChI=1S/C17H19Cl2N3O3/c1-22(11-12-4-3-5-14(18)16(12)19)17(23)21-13-6-7-15(20-10-13)25-9-8-24-2/h3-7,10H,8-9,11H2,1-2H3,(H,21,23). The van der Waals surface area contributed by atoms with Gasteiger partial charge in [-0.1, -0.05) is 35.3 Å². The van der Waals surface area contributed by atoms with Crippen molar-refractivity contribution in [3.05, 3.63) is 52.1 Å². The van der Waals surface area contributed by atoms with E-state index in [4.69, 9.17) is 32.7 Å². The van der Waals surface area contributed by atoms with Crippen molar-refractivity contribution in [3.8, 4) is 5.88 Å². The number of carbonyl (C=O) groups excluding carboxylic acids is 1. The van der Waals surface area contributed by atoms with E-state index in [1.807, 2.05) is 6.07 Å². The predicted octanol–water partition coefficient (Wildman–Crippen LogP) is 4.08. The molecule has 0 aliphatic heterocycles. The Bertz CT molecular complexity index is 711. The van der Waals surface area contributed by atoms with Crippen LogP contribution in [0.25, 0.3) is 0 Å². The molecule has 0 radical (unpaired) electrons. The van der Waals surface area contributed by atoms with Crippen molar-refractivity contribution < 1.29 is 14.3 Å². The van der Waals surface area contributed by atoms with Gasteiger partial charge in [0.15, 0.2) is 0 Å². The third-order valence-corrected chi connectivity index (χ3v) is 4.17. The summed E-state index contributed by atoms with van der Waals surface area (Å²) >= 11 is 12.1. The number of anilines is 1. The normalized spacial score (nSPS) is 10.4. The zero-order valence-corrected chi connectivity index (χ0v) is 15.5. The van der Waals surface area contributed by atoms with Crippen LogP contribution >= 0.6 is 23.2 Å². The molecule has 0 fully saturated rings. The molecule has 1 aromatic carbocycles. The van der Waals surface area contributed by atoms with Crippen LogP contribution in [0.3, 0.4) is 0 Å². The highest BCUT2D eigenvalue weighted by Crippen LogP contribution is 2.26. The third kappa shape index (κ3) is 5.77. The molecule has 2 rings (SSSR count). The van der Waals surface area contributed by atoms with Gasteiger partial charge in [0.1, 0.15) is 6.61 Å². The van der Waals surface area contributed by atoms with E-state index in [0.29, 0.717) is 41.4 Å². The maximum absolute atomic E-state index is 12.3. The topological polar surface area (TPSA) is 63.7 Å². The van der Waals surface area contributed by atoms with Gasteiger partial charge < -0.3 is 19.7 Å². The summed E-state index contributed by atoms with van der Waals surface area (Å²) in [6.45, 7) is 1.23. The first-order valence-corrected chi connectivity index (χ1v) is 8.29. The summed E-state index contributed by atoms with van der Waals surface area (Å²) in [6, 6.07) is 8.43. The smallest absolute Gasteiger partial charge is 0.321 e. The van der Waals surface area contributed by atoms with E-state index in [1.165, 1.54) is 11.1 Å². The second kappa shape index (κ2) is 9.46. The van der Waals surface area contributed by atoms with E-state index < -0.39 is 0 Å². The van der Waals surface area contributed by atoms with Crippen molar-refractivity contribution in [2.45, 2.75) is 6.54 Å². The van der Waals surface area contributed by atoms with E-state index in [9.17, 15) is 4.79 Å². The molecule has 134 valence electrons. The number of nitrogens with one attached hydrogen (secondary N) is 1. The molecular formula is C17H19Cl2N3O3. The zero-order valence-electron chi connectivity index (χ0n) is 14.0. The van der Waals surface area contributed by atoms with Gasteiger partial charge in [0, 0.05) is 26.8 Å². The largest absolute Gasteiger partial charge is 0.475 e. The molecule has 25 heavy (non-hydrogen) atoms. The van der Waals surface area contributed by atoms with E-state index in [0.717, 1.165) is 5.56 Å². The zero-order chi connectivity index (χ0) is 18.2. The molecular weight excluding hydrogens is 365 g/mol. The highest BCUT2D eigenvalue weighted by Gasteiger charge is 2.13. The highest BCUT2D eigenvalue weighted by molar-refractivity contribution is 6.42. The number of methoxy groups -OCH3 is 1. The number of urea groups is 1. The number of aromatic nitrogens is 1. The third-order valence-electron chi connectivity index (χ3n) is 3.31. The number of hydrogen-bond donors (Lipinski definition) is 1. The lowest BCUT2D eigenvalue weighted by molar-refractivity contribution is 0.144. The maximum Gasteiger partial charge on any atom is 0.321 e. The molecule has 0 spiro atoms. The van der Waals surface area contributed by atoms with Crippen LogP contribution < -0.4 is 10.1 Å². The molecule has 0 atom stereocenters. The first kappa shape index (κ1) is 19.3. The summed E-state index contributed by atoms with van der Waals surface area (Å²) in [6.07, 6.45) is 1.53. The summed E-state index contributed by atoms with van der Waals surface area (Å²) in [5.74, 6) is 0.467. The molecule has 0 aliphatic carbocycles. The first-order valence-electron chi connectivity index (χ1n) is 7.54. The van der Waals surface area contributed by atoms with Crippen molar-refractivity contribution in [2.75, 3.05) is 32.7 Å². The first-order chi connectivity index (χ1) is 12.0. The molecule has 0 bridgehead atoms. The Morgan fingerprint density at radius 2 is 2.04 bits per heavy atom. The minimum atomic E-state index is -0.286. The summed E-state index contributed by atoms with van der Waals surface area (Å²) in [5.41, 5.74) is 1.33. The molecule has 8 heteroatoms. The molecule has 1 N–H and O–H groups in total. The molecule has 6 nitrogen and oxygen atoms in total. The Balaban J connectivity index is 1.91. The molecule has 2 amide bonds. The van der Waals surface area contributed by atoms with Crippen LogP contribution in [0.15, 0.2) is 36.5 Å². The van der Waals surface area contributed by atoms with E-state index in [1.54, 1.807) is 38.4 Å². The Kier molecular flexibility index (Phi) is 7.31. The molecule has 0 saturated heterocycles. The number of rotatable bonds is 7. The summed E-state index contributed by atoms with van der Waals surface area (Å²) in [4.78, 5) is 17.9. The molecule has 1 heterocycles. The van der Waals surface area contributed by atoms with Gasteiger partial charge in [-0.25, -0.2) is 9.78 Å². The predicted molar refractivity (Wildman–Crippen MR) is 98.6 cm³/mol. The lowest BCUT2D eigenvalue weighted by atomic mass is 10.2. The van der Waals surface area contributed by atoms with Gasteiger partial charge in [-0.15, -0.1) is 0 Å². The lowest BCUT2D eigenvalue weighted by Gasteiger charge is -2.19. The van der Waals surface area contributed by atoms with Crippen molar-refractivity contribution in [2.24, 2.45) is 0 Å². The van der Waals surface area contributed by atoms with Gasteiger partial charge in [-0.2, -0.15) is 0 Å². The van der Waals surface area contributed by atoms with Gasteiger partial charge in [-0.3, -0.25) is 0 Å². The van der Waals surface area contributed by atoms with Crippen LogP contribution in [0.1, 0.15) is 5.56 Å². The fourth-order valence-electron chi connectivity index (χ4n) is 1.99. The number of ether oxygens (including phenoxy) is 2. The van der Waals surface area contributed by atoms with Crippen molar-refractivity contribution >= 4 is 34.9 Å². The molecule has 2 aromatic rings. The highest BCUT2D eigenvalue weighted by atomic mass is 35.5. The fourth-order valence-corrected chi connectivity index (χ4v) is 2.37. The monoisotopic (exact) mass is 383 g/mol. The molecule has 0 aliphatic rings. The van der Waals surface area contributed by atoms with E-state index in [-0.39, 0.29) is 6.03 Å². The second-order valence-corrected chi connectivity index (χ2v) is 6.01. The summed E-state index contributed by atoms with van der Waals surface area (Å²) in [7, 11) is 3.27. The van der Waals surface area contributed by atoms with Gasteiger partial charge in [0.05, 0.1) is 28.5 Å². The summed E-state index contributed by atoms with van der Waals surface area (Å²) in [5, 5.41) is 3.67. The van der Waals surface area contributed by atoms with Crippen LogP contribution in [-0.2, 0) is 11.3 Å². The Hall–Kier alpha value is -2.02. The SMILES string of the molecule is COCCOc1ccc(NC(=O)N(C)Cc2cccc(Cl)c2Cl)cn1. The van der Waals surface area contributed by atoms with Crippen LogP contribution in [0, 0.1) is 0 Å². The number of hydrogen-bond acceptors (Lipinski definition) is 4. The molecule has 0 saturated carbocycles. The van der Waals surface area contributed by atoms with Crippen LogP contribution in [0.5, 0.6) is 5.88 Å². The Morgan fingerprint density at radius 3 is 2.72 bits per heavy atom. The molecule has 0 unspecified atom stereocenters. The number of benzene rings is 1. The van der Waals surface area contributed by atoms with Crippen LogP contribution in [0.2, 0.25) is 10.0 Å². The number of pyridine rings is 1. The van der Waals surface area contributed by atoms with Gasteiger partial charge in [0.25, 0.3) is 0 Å². The van der Waals surface area contributed by atoms with E-state index >= 15 is 0 Å². The number of nitrogens with zero attached hydrogens (tertiary/aromatic N) is 2. The van der Waals surface area contributed by atoms with Crippen LogP contribution in [0.4, 0.5) is 10.5 Å². The minimum Gasteiger partial charge on any atom is -0.475 e. The van der Waals surface area contributed by atoms with E-state index in [2.05, 4.69) is 10.3 Å². The quantitative estimate of drug-likeness (QED) is 0.731. The van der Waals surface area contributed by atoms with Gasteiger partial charge >= 0.3 is 6.03 Å². The lowest BCUT2D eigenvalue weighted by Crippen LogP contribution is -2.31. The number of amides is 2. The number of halogens is 2. The minimum absolute atomic E-state index is 0.286. The Labute approximate surface area is 156 Å². The van der Waals surface area contributed by atoms with Crippen LogP contribution in [-0.4, -0.2) is 43.3 Å². The number of carbonyl (C=O) groups is 1. The van der Waals surface area contributed by atoms with Crippen molar-refractivity contribution in [1.29, 1.82) is 0 Å².